The number of hydrogen-bond donors (Lipinski definition) is 1. The van der Waals surface area contributed by atoms with E-state index in [2.05, 4.69) is 62.3 Å². The minimum Gasteiger partial charge on any atom is -0.370 e. The fourth-order valence-electron chi connectivity index (χ4n) is 2.21. The van der Waals surface area contributed by atoms with Crippen molar-refractivity contribution in [2.75, 3.05) is 11.9 Å². The van der Waals surface area contributed by atoms with Crippen LogP contribution in [-0.4, -0.2) is 16.5 Å². The summed E-state index contributed by atoms with van der Waals surface area (Å²) in [4.78, 5) is 9.33. The normalized spacial score (nSPS) is 10.6. The van der Waals surface area contributed by atoms with Crippen LogP contribution in [0.25, 0.3) is 11.3 Å². The Morgan fingerprint density at radius 1 is 1.10 bits per heavy atom. The smallest absolute Gasteiger partial charge is 0.133 e. The molecule has 2 aromatic rings. The van der Waals surface area contributed by atoms with Crippen molar-refractivity contribution in [3.8, 4) is 11.3 Å². The first kappa shape index (κ1) is 14.5. The van der Waals surface area contributed by atoms with Gasteiger partial charge >= 0.3 is 0 Å². The Hall–Kier alpha value is -1.90. The summed E-state index contributed by atoms with van der Waals surface area (Å²) in [6, 6.07) is 8.48. The van der Waals surface area contributed by atoms with Gasteiger partial charge in [-0.25, -0.2) is 9.97 Å². The highest BCUT2D eigenvalue weighted by Gasteiger charge is 2.11. The van der Waals surface area contributed by atoms with Crippen LogP contribution in [0, 0.1) is 13.8 Å². The van der Waals surface area contributed by atoms with Gasteiger partial charge in [-0.1, -0.05) is 37.6 Å². The zero-order valence-electron chi connectivity index (χ0n) is 12.8. The molecule has 1 aromatic heterocycles. The van der Waals surface area contributed by atoms with Crippen LogP contribution in [0.5, 0.6) is 0 Å². The third-order valence-electron chi connectivity index (χ3n) is 3.34. The molecule has 0 aliphatic heterocycles. The molecule has 0 aliphatic carbocycles. The van der Waals surface area contributed by atoms with Gasteiger partial charge in [-0.3, -0.25) is 0 Å². The molecule has 1 N–H and O–H groups in total. The Kier molecular flexibility index (Phi) is 4.72. The van der Waals surface area contributed by atoms with E-state index in [1.165, 1.54) is 11.1 Å². The van der Waals surface area contributed by atoms with E-state index in [0.717, 1.165) is 42.3 Å². The number of aryl methyl sites for hydroxylation is 2. The van der Waals surface area contributed by atoms with Crippen LogP contribution in [0.4, 0.5) is 5.82 Å². The van der Waals surface area contributed by atoms with E-state index in [-0.39, 0.29) is 0 Å². The second-order valence-corrected chi connectivity index (χ2v) is 5.11. The van der Waals surface area contributed by atoms with Gasteiger partial charge in [-0.15, -0.1) is 0 Å². The van der Waals surface area contributed by atoms with Crippen molar-refractivity contribution in [1.29, 1.82) is 0 Å². The van der Waals surface area contributed by atoms with Crippen molar-refractivity contribution in [2.45, 2.75) is 40.5 Å². The molecule has 106 valence electrons. The molecule has 3 heteroatoms. The molecular weight excluding hydrogens is 246 g/mol. The monoisotopic (exact) mass is 269 g/mol. The fraction of sp³-hybridized carbons (Fsp3) is 0.412. The molecule has 2 rings (SSSR count). The third-order valence-corrected chi connectivity index (χ3v) is 3.34. The summed E-state index contributed by atoms with van der Waals surface area (Å²) >= 11 is 0. The lowest BCUT2D eigenvalue weighted by Crippen LogP contribution is -2.08. The molecule has 0 saturated carbocycles. The maximum Gasteiger partial charge on any atom is 0.133 e. The average molecular weight is 269 g/mol. The topological polar surface area (TPSA) is 37.8 Å². The zero-order chi connectivity index (χ0) is 14.5. The highest BCUT2D eigenvalue weighted by Crippen LogP contribution is 2.26. The van der Waals surface area contributed by atoms with Crippen LogP contribution in [0.3, 0.4) is 0 Å². The van der Waals surface area contributed by atoms with Gasteiger partial charge in [0.25, 0.3) is 0 Å². The highest BCUT2D eigenvalue weighted by atomic mass is 15.0. The van der Waals surface area contributed by atoms with Gasteiger partial charge in [-0.05, 0) is 26.3 Å². The first-order valence-corrected chi connectivity index (χ1v) is 7.34. The number of nitrogens with one attached hydrogen (secondary N) is 1. The molecular formula is C17H23N3. The Morgan fingerprint density at radius 2 is 1.90 bits per heavy atom. The molecule has 1 aromatic carbocycles. The number of anilines is 1. The van der Waals surface area contributed by atoms with Crippen LogP contribution in [-0.2, 0) is 6.42 Å². The van der Waals surface area contributed by atoms with Gasteiger partial charge in [0, 0.05) is 24.1 Å². The number of nitrogens with zero attached hydrogens (tertiary/aromatic N) is 2. The molecule has 3 nitrogen and oxygen atoms in total. The van der Waals surface area contributed by atoms with E-state index < -0.39 is 0 Å². The largest absolute Gasteiger partial charge is 0.370 e. The standard InChI is InChI=1S/C17H23N3/c1-5-10-18-17-13(4)16(19-15(6-2)20-17)14-9-7-8-12(3)11-14/h7-9,11H,5-6,10H2,1-4H3,(H,18,19,20). The predicted octanol–water partition coefficient (Wildman–Crippen LogP) is 4.14. The quantitative estimate of drug-likeness (QED) is 0.886. The lowest BCUT2D eigenvalue weighted by molar-refractivity contribution is 0.911. The SMILES string of the molecule is CCCNc1nc(CC)nc(-c2cccc(C)c2)c1C. The van der Waals surface area contributed by atoms with E-state index >= 15 is 0 Å². The second kappa shape index (κ2) is 6.51. The van der Waals surface area contributed by atoms with Crippen molar-refractivity contribution in [3.05, 3.63) is 41.2 Å². The molecule has 0 fully saturated rings. The van der Waals surface area contributed by atoms with Gasteiger partial charge in [0.1, 0.15) is 11.6 Å². The van der Waals surface area contributed by atoms with Gasteiger partial charge < -0.3 is 5.32 Å². The van der Waals surface area contributed by atoms with Crippen molar-refractivity contribution < 1.29 is 0 Å². The van der Waals surface area contributed by atoms with Crippen LogP contribution < -0.4 is 5.32 Å². The lowest BCUT2D eigenvalue weighted by atomic mass is 10.0. The fourth-order valence-corrected chi connectivity index (χ4v) is 2.21. The number of benzene rings is 1. The summed E-state index contributed by atoms with van der Waals surface area (Å²) in [7, 11) is 0. The van der Waals surface area contributed by atoms with Crippen LogP contribution >= 0.6 is 0 Å². The van der Waals surface area contributed by atoms with Gasteiger partial charge in [0.2, 0.25) is 0 Å². The Balaban J connectivity index is 2.51. The molecule has 0 unspecified atom stereocenters. The first-order valence-electron chi connectivity index (χ1n) is 7.34. The first-order chi connectivity index (χ1) is 9.65. The molecule has 0 amide bonds. The maximum absolute atomic E-state index is 4.72. The Morgan fingerprint density at radius 3 is 2.55 bits per heavy atom. The van der Waals surface area contributed by atoms with Crippen molar-refractivity contribution >= 4 is 5.82 Å². The number of aromatic nitrogens is 2. The van der Waals surface area contributed by atoms with E-state index in [1.54, 1.807) is 0 Å². The summed E-state index contributed by atoms with van der Waals surface area (Å²) in [5, 5.41) is 3.41. The zero-order valence-corrected chi connectivity index (χ0v) is 12.8. The lowest BCUT2D eigenvalue weighted by Gasteiger charge is -2.13. The van der Waals surface area contributed by atoms with Crippen LogP contribution in [0.1, 0.15) is 37.2 Å². The van der Waals surface area contributed by atoms with E-state index in [1.807, 2.05) is 0 Å². The van der Waals surface area contributed by atoms with Gasteiger partial charge in [0.15, 0.2) is 0 Å². The molecule has 0 bridgehead atoms. The minimum absolute atomic E-state index is 0.847. The third kappa shape index (κ3) is 3.16. The predicted molar refractivity (Wildman–Crippen MR) is 85.1 cm³/mol. The number of hydrogen-bond acceptors (Lipinski definition) is 3. The molecule has 0 spiro atoms. The number of rotatable bonds is 5. The van der Waals surface area contributed by atoms with Crippen molar-refractivity contribution in [3.63, 3.8) is 0 Å². The van der Waals surface area contributed by atoms with Gasteiger partial charge in [0.05, 0.1) is 5.69 Å². The summed E-state index contributed by atoms with van der Waals surface area (Å²) in [5.41, 5.74) is 4.58. The minimum atomic E-state index is 0.847. The molecule has 20 heavy (non-hydrogen) atoms. The summed E-state index contributed by atoms with van der Waals surface area (Å²) < 4.78 is 0. The van der Waals surface area contributed by atoms with E-state index in [9.17, 15) is 0 Å². The van der Waals surface area contributed by atoms with Crippen LogP contribution in [0.15, 0.2) is 24.3 Å². The summed E-state index contributed by atoms with van der Waals surface area (Å²) in [6.07, 6.45) is 1.94. The molecule has 0 saturated heterocycles. The molecule has 1 heterocycles. The second-order valence-electron chi connectivity index (χ2n) is 5.11. The van der Waals surface area contributed by atoms with Crippen molar-refractivity contribution in [2.24, 2.45) is 0 Å². The molecule has 0 radical (unpaired) electrons. The van der Waals surface area contributed by atoms with E-state index in [0.29, 0.717) is 0 Å². The maximum atomic E-state index is 4.72. The Bertz CT molecular complexity index is 591. The summed E-state index contributed by atoms with van der Waals surface area (Å²) in [6.45, 7) is 9.39. The molecule has 0 aliphatic rings. The van der Waals surface area contributed by atoms with Gasteiger partial charge in [-0.2, -0.15) is 0 Å². The van der Waals surface area contributed by atoms with Crippen LogP contribution in [0.2, 0.25) is 0 Å². The Labute approximate surface area is 121 Å². The highest BCUT2D eigenvalue weighted by molar-refractivity contribution is 5.68. The summed E-state index contributed by atoms with van der Waals surface area (Å²) in [5.74, 6) is 1.86. The average Bonchev–Trinajstić information content (AvgIpc) is 2.46. The van der Waals surface area contributed by atoms with Crippen molar-refractivity contribution in [1.82, 2.24) is 9.97 Å². The molecule has 0 atom stereocenters. The van der Waals surface area contributed by atoms with E-state index in [4.69, 9.17) is 4.98 Å².